The molecule has 0 saturated heterocycles. The third kappa shape index (κ3) is 2.07. The highest BCUT2D eigenvalue weighted by Crippen LogP contribution is 2.21. The van der Waals surface area contributed by atoms with Crippen molar-refractivity contribution in [1.82, 2.24) is 10.3 Å². The van der Waals surface area contributed by atoms with Crippen molar-refractivity contribution in [2.24, 2.45) is 0 Å². The number of hydrogen-bond donors (Lipinski definition) is 1. The summed E-state index contributed by atoms with van der Waals surface area (Å²) in [4.78, 5) is 4.39. The fourth-order valence-electron chi connectivity index (χ4n) is 1.46. The Hall–Kier alpha value is -1.61. The molecule has 0 fully saturated rings. The zero-order valence-electron chi connectivity index (χ0n) is 8.95. The largest absolute Gasteiger partial charge is 0.440 e. The summed E-state index contributed by atoms with van der Waals surface area (Å²) in [5.41, 5.74) is 1.96. The first kappa shape index (κ1) is 9.93. The van der Waals surface area contributed by atoms with Crippen LogP contribution in [-0.4, -0.2) is 12.0 Å². The van der Waals surface area contributed by atoms with Crippen LogP contribution in [0, 0.1) is 6.92 Å². The van der Waals surface area contributed by atoms with E-state index in [2.05, 4.69) is 10.3 Å². The van der Waals surface area contributed by atoms with Gasteiger partial charge in [0.25, 0.3) is 0 Å². The second kappa shape index (κ2) is 4.28. The van der Waals surface area contributed by atoms with Crippen LogP contribution in [0.3, 0.4) is 0 Å². The van der Waals surface area contributed by atoms with E-state index in [1.54, 1.807) is 0 Å². The minimum Gasteiger partial charge on any atom is -0.440 e. The molecule has 0 aliphatic carbocycles. The number of nitrogens with zero attached hydrogens (tertiary/aromatic N) is 1. The Balaban J connectivity index is 2.34. The van der Waals surface area contributed by atoms with Crippen LogP contribution in [0.1, 0.15) is 11.5 Å². The van der Waals surface area contributed by atoms with E-state index in [0.29, 0.717) is 12.4 Å². The molecule has 2 aromatic rings. The van der Waals surface area contributed by atoms with Crippen LogP contribution in [0.25, 0.3) is 11.5 Å². The quantitative estimate of drug-likeness (QED) is 0.830. The van der Waals surface area contributed by atoms with E-state index in [-0.39, 0.29) is 0 Å². The number of aromatic nitrogens is 1. The van der Waals surface area contributed by atoms with Gasteiger partial charge in [-0.2, -0.15) is 0 Å². The van der Waals surface area contributed by atoms with Gasteiger partial charge in [0.15, 0.2) is 0 Å². The molecule has 3 nitrogen and oxygen atoms in total. The van der Waals surface area contributed by atoms with Crippen LogP contribution >= 0.6 is 0 Å². The average Bonchev–Trinajstić information content (AvgIpc) is 2.63. The van der Waals surface area contributed by atoms with Crippen molar-refractivity contribution in [3.63, 3.8) is 0 Å². The van der Waals surface area contributed by atoms with Crippen LogP contribution in [-0.2, 0) is 6.54 Å². The van der Waals surface area contributed by atoms with E-state index in [0.717, 1.165) is 17.0 Å². The topological polar surface area (TPSA) is 38.1 Å². The molecule has 0 aliphatic heterocycles. The summed E-state index contributed by atoms with van der Waals surface area (Å²) in [7, 11) is 1.89. The minimum absolute atomic E-state index is 0.693. The average molecular weight is 202 g/mol. The smallest absolute Gasteiger partial charge is 0.226 e. The van der Waals surface area contributed by atoms with E-state index in [1.807, 2.05) is 44.3 Å². The first-order valence-corrected chi connectivity index (χ1v) is 4.97. The summed E-state index contributed by atoms with van der Waals surface area (Å²) in [5, 5.41) is 3.06. The van der Waals surface area contributed by atoms with Gasteiger partial charge in [-0.05, 0) is 26.1 Å². The normalized spacial score (nSPS) is 10.5. The molecule has 0 atom stereocenters. The van der Waals surface area contributed by atoms with Gasteiger partial charge >= 0.3 is 0 Å². The molecule has 1 heterocycles. The highest BCUT2D eigenvalue weighted by Gasteiger charge is 2.09. The number of oxazole rings is 1. The molecule has 0 spiro atoms. The Kier molecular flexibility index (Phi) is 2.83. The van der Waals surface area contributed by atoms with E-state index < -0.39 is 0 Å². The Labute approximate surface area is 89.1 Å². The maximum atomic E-state index is 5.67. The predicted molar refractivity (Wildman–Crippen MR) is 59.4 cm³/mol. The zero-order valence-corrected chi connectivity index (χ0v) is 8.95. The van der Waals surface area contributed by atoms with Crippen molar-refractivity contribution >= 4 is 0 Å². The molecule has 3 heteroatoms. The van der Waals surface area contributed by atoms with Crippen LogP contribution in [0.15, 0.2) is 34.7 Å². The van der Waals surface area contributed by atoms with Gasteiger partial charge < -0.3 is 9.73 Å². The first-order valence-electron chi connectivity index (χ1n) is 4.97. The molecule has 0 aliphatic rings. The lowest BCUT2D eigenvalue weighted by molar-refractivity contribution is 0.501. The number of rotatable bonds is 3. The summed E-state index contributed by atoms with van der Waals surface area (Å²) in [6.45, 7) is 2.67. The van der Waals surface area contributed by atoms with Gasteiger partial charge in [0.2, 0.25) is 5.89 Å². The molecule has 2 rings (SSSR count). The maximum absolute atomic E-state index is 5.67. The number of nitrogens with one attached hydrogen (secondary N) is 1. The molecule has 1 N–H and O–H groups in total. The van der Waals surface area contributed by atoms with Gasteiger partial charge in [-0.25, -0.2) is 4.98 Å². The fourth-order valence-corrected chi connectivity index (χ4v) is 1.46. The van der Waals surface area contributed by atoms with Crippen molar-refractivity contribution in [3.05, 3.63) is 41.8 Å². The zero-order chi connectivity index (χ0) is 10.7. The predicted octanol–water partition coefficient (Wildman–Crippen LogP) is 2.37. The van der Waals surface area contributed by atoms with Crippen molar-refractivity contribution in [2.75, 3.05) is 7.05 Å². The van der Waals surface area contributed by atoms with Crippen LogP contribution in [0.5, 0.6) is 0 Å². The molecule has 0 bridgehead atoms. The Morgan fingerprint density at radius 1 is 1.27 bits per heavy atom. The standard InChI is InChI=1S/C12H14N2O/c1-9-11(8-13-2)15-12(14-9)10-6-4-3-5-7-10/h3-7,13H,8H2,1-2H3. The van der Waals surface area contributed by atoms with Crippen LogP contribution in [0.2, 0.25) is 0 Å². The van der Waals surface area contributed by atoms with Crippen LogP contribution in [0.4, 0.5) is 0 Å². The van der Waals surface area contributed by atoms with E-state index in [4.69, 9.17) is 4.42 Å². The highest BCUT2D eigenvalue weighted by molar-refractivity contribution is 5.53. The molecule has 0 unspecified atom stereocenters. The Bertz CT molecular complexity index is 434. The van der Waals surface area contributed by atoms with Gasteiger partial charge in [0, 0.05) is 5.56 Å². The second-order valence-electron chi connectivity index (χ2n) is 3.42. The second-order valence-corrected chi connectivity index (χ2v) is 3.42. The van der Waals surface area contributed by atoms with Gasteiger partial charge in [0.05, 0.1) is 12.2 Å². The Morgan fingerprint density at radius 2 is 2.00 bits per heavy atom. The summed E-state index contributed by atoms with van der Waals surface area (Å²) >= 11 is 0. The minimum atomic E-state index is 0.693. The maximum Gasteiger partial charge on any atom is 0.226 e. The van der Waals surface area contributed by atoms with Crippen molar-refractivity contribution < 1.29 is 4.42 Å². The van der Waals surface area contributed by atoms with Crippen molar-refractivity contribution in [3.8, 4) is 11.5 Å². The van der Waals surface area contributed by atoms with Gasteiger partial charge in [-0.1, -0.05) is 18.2 Å². The third-order valence-electron chi connectivity index (χ3n) is 2.25. The van der Waals surface area contributed by atoms with Crippen LogP contribution < -0.4 is 5.32 Å². The molecule has 78 valence electrons. The van der Waals surface area contributed by atoms with E-state index in [9.17, 15) is 0 Å². The fraction of sp³-hybridized carbons (Fsp3) is 0.250. The molecule has 0 radical (unpaired) electrons. The molecule has 0 saturated carbocycles. The van der Waals surface area contributed by atoms with E-state index >= 15 is 0 Å². The monoisotopic (exact) mass is 202 g/mol. The van der Waals surface area contributed by atoms with Gasteiger partial charge in [0.1, 0.15) is 5.76 Å². The molecular formula is C12H14N2O. The van der Waals surface area contributed by atoms with Gasteiger partial charge in [-0.3, -0.25) is 0 Å². The van der Waals surface area contributed by atoms with Gasteiger partial charge in [-0.15, -0.1) is 0 Å². The first-order chi connectivity index (χ1) is 7.31. The summed E-state index contributed by atoms with van der Waals surface area (Å²) in [6, 6.07) is 9.93. The molecule has 1 aromatic carbocycles. The lowest BCUT2D eigenvalue weighted by Crippen LogP contribution is -2.04. The molecule has 0 amide bonds. The summed E-state index contributed by atoms with van der Waals surface area (Å²) < 4.78 is 5.67. The number of aryl methyl sites for hydroxylation is 1. The van der Waals surface area contributed by atoms with Crippen molar-refractivity contribution in [2.45, 2.75) is 13.5 Å². The lowest BCUT2D eigenvalue weighted by atomic mass is 10.2. The summed E-state index contributed by atoms with van der Waals surface area (Å²) in [6.07, 6.45) is 0. The molecule has 1 aromatic heterocycles. The third-order valence-corrected chi connectivity index (χ3v) is 2.25. The lowest BCUT2D eigenvalue weighted by Gasteiger charge is -1.94. The van der Waals surface area contributed by atoms with E-state index in [1.165, 1.54) is 0 Å². The highest BCUT2D eigenvalue weighted by atomic mass is 16.4. The Morgan fingerprint density at radius 3 is 2.67 bits per heavy atom. The summed E-state index contributed by atoms with van der Waals surface area (Å²) in [5.74, 6) is 1.59. The number of benzene rings is 1. The molecular weight excluding hydrogens is 188 g/mol. The molecule has 15 heavy (non-hydrogen) atoms. The number of hydrogen-bond acceptors (Lipinski definition) is 3. The van der Waals surface area contributed by atoms with Crippen molar-refractivity contribution in [1.29, 1.82) is 0 Å². The SMILES string of the molecule is CNCc1oc(-c2ccccc2)nc1C.